The quantitative estimate of drug-likeness (QED) is 0.862. The minimum Gasteiger partial charge on any atom is -0.361 e. The molecular weight excluding hydrogens is 226 g/mol. The molecule has 0 radical (unpaired) electrons. The molecule has 92 valence electrons. The fourth-order valence-corrected chi connectivity index (χ4v) is 1.92. The van der Waals surface area contributed by atoms with E-state index < -0.39 is 5.92 Å². The van der Waals surface area contributed by atoms with Gasteiger partial charge in [0, 0.05) is 23.6 Å². The molecule has 0 aliphatic heterocycles. The average molecular weight is 241 g/mol. The predicted octanol–water partition coefficient (Wildman–Crippen LogP) is 2.33. The lowest BCUT2D eigenvalue weighted by Gasteiger charge is -2.07. The molecular formula is C14H15N3O. The molecule has 1 aromatic heterocycles. The lowest BCUT2D eigenvalue weighted by atomic mass is 10.1. The Hall–Kier alpha value is -2.28. The molecule has 4 heteroatoms. The van der Waals surface area contributed by atoms with Gasteiger partial charge >= 0.3 is 0 Å². The first-order valence-electron chi connectivity index (χ1n) is 5.98. The predicted molar refractivity (Wildman–Crippen MR) is 69.5 cm³/mol. The van der Waals surface area contributed by atoms with Crippen LogP contribution < -0.4 is 5.32 Å². The number of H-pyrrole nitrogens is 1. The molecule has 0 fully saturated rings. The van der Waals surface area contributed by atoms with Crippen LogP contribution in [0.15, 0.2) is 30.5 Å². The van der Waals surface area contributed by atoms with E-state index in [0.29, 0.717) is 13.0 Å². The van der Waals surface area contributed by atoms with Gasteiger partial charge < -0.3 is 10.3 Å². The van der Waals surface area contributed by atoms with Gasteiger partial charge in [0.1, 0.15) is 5.92 Å². The van der Waals surface area contributed by atoms with Crippen molar-refractivity contribution >= 4 is 16.8 Å². The number of aromatic nitrogens is 1. The minimum absolute atomic E-state index is 0.203. The van der Waals surface area contributed by atoms with E-state index in [1.165, 1.54) is 0 Å². The van der Waals surface area contributed by atoms with E-state index in [0.717, 1.165) is 16.5 Å². The molecule has 0 bridgehead atoms. The Morgan fingerprint density at radius 2 is 2.28 bits per heavy atom. The van der Waals surface area contributed by atoms with Gasteiger partial charge in [0.05, 0.1) is 6.07 Å². The summed E-state index contributed by atoms with van der Waals surface area (Å²) in [5, 5.41) is 12.7. The number of hydrogen-bond donors (Lipinski definition) is 2. The molecule has 0 saturated heterocycles. The standard InChI is InChI=1S/C14H15N3O/c1-2-10(7-15)14(18)17-9-11-8-16-13-6-4-3-5-12(11)13/h3-6,8,10,16H,2,9H2,1H3,(H,17,18). The molecule has 18 heavy (non-hydrogen) atoms. The van der Waals surface area contributed by atoms with Crippen LogP contribution >= 0.6 is 0 Å². The maximum absolute atomic E-state index is 11.7. The molecule has 0 aliphatic carbocycles. The van der Waals surface area contributed by atoms with Crippen LogP contribution in [0.25, 0.3) is 10.9 Å². The van der Waals surface area contributed by atoms with Gasteiger partial charge in [-0.15, -0.1) is 0 Å². The normalized spacial score (nSPS) is 12.0. The summed E-state index contributed by atoms with van der Waals surface area (Å²) >= 11 is 0. The van der Waals surface area contributed by atoms with Crippen molar-refractivity contribution < 1.29 is 4.79 Å². The van der Waals surface area contributed by atoms with E-state index in [2.05, 4.69) is 10.3 Å². The van der Waals surface area contributed by atoms with Crippen LogP contribution in [-0.4, -0.2) is 10.9 Å². The van der Waals surface area contributed by atoms with E-state index >= 15 is 0 Å². The Morgan fingerprint density at radius 1 is 1.50 bits per heavy atom. The van der Waals surface area contributed by atoms with E-state index in [9.17, 15) is 4.79 Å². The maximum atomic E-state index is 11.7. The van der Waals surface area contributed by atoms with Crippen molar-refractivity contribution in [3.63, 3.8) is 0 Å². The largest absolute Gasteiger partial charge is 0.361 e. The van der Waals surface area contributed by atoms with Crippen LogP contribution in [0.3, 0.4) is 0 Å². The van der Waals surface area contributed by atoms with Gasteiger partial charge in [-0.3, -0.25) is 4.79 Å². The maximum Gasteiger partial charge on any atom is 0.237 e. The number of amides is 1. The van der Waals surface area contributed by atoms with Gasteiger partial charge in [-0.1, -0.05) is 25.1 Å². The summed E-state index contributed by atoms with van der Waals surface area (Å²) in [6.45, 7) is 2.28. The molecule has 0 spiro atoms. The highest BCUT2D eigenvalue weighted by Gasteiger charge is 2.15. The van der Waals surface area contributed by atoms with E-state index in [-0.39, 0.29) is 5.91 Å². The topological polar surface area (TPSA) is 68.7 Å². The number of rotatable bonds is 4. The van der Waals surface area contributed by atoms with Crippen LogP contribution in [0.1, 0.15) is 18.9 Å². The number of para-hydroxylation sites is 1. The first-order valence-corrected chi connectivity index (χ1v) is 5.98. The smallest absolute Gasteiger partial charge is 0.237 e. The van der Waals surface area contributed by atoms with Gasteiger partial charge in [0.25, 0.3) is 0 Å². The van der Waals surface area contributed by atoms with Crippen LogP contribution in [0.4, 0.5) is 0 Å². The third kappa shape index (κ3) is 2.35. The van der Waals surface area contributed by atoms with Crippen LogP contribution in [0.5, 0.6) is 0 Å². The SMILES string of the molecule is CCC(C#N)C(=O)NCc1c[nH]c2ccccc12. The number of nitrogens with zero attached hydrogens (tertiary/aromatic N) is 1. The Balaban J connectivity index is 2.07. The number of carbonyl (C=O) groups is 1. The molecule has 2 aromatic rings. The summed E-state index contributed by atoms with van der Waals surface area (Å²) in [5.74, 6) is -0.763. The van der Waals surface area contributed by atoms with Crippen molar-refractivity contribution in [2.75, 3.05) is 0 Å². The highest BCUT2D eigenvalue weighted by molar-refractivity contribution is 5.84. The monoisotopic (exact) mass is 241 g/mol. The summed E-state index contributed by atoms with van der Waals surface area (Å²) in [6, 6.07) is 9.92. The Bertz CT molecular complexity index is 594. The zero-order valence-electron chi connectivity index (χ0n) is 10.2. The van der Waals surface area contributed by atoms with Gasteiger partial charge in [-0.2, -0.15) is 5.26 Å². The zero-order chi connectivity index (χ0) is 13.0. The molecule has 2 N–H and O–H groups in total. The first-order chi connectivity index (χ1) is 8.76. The molecule has 1 aromatic carbocycles. The molecule has 1 heterocycles. The number of nitrogens with one attached hydrogen (secondary N) is 2. The summed E-state index contributed by atoms with van der Waals surface area (Å²) < 4.78 is 0. The highest BCUT2D eigenvalue weighted by atomic mass is 16.1. The van der Waals surface area contributed by atoms with Crippen LogP contribution in [0, 0.1) is 17.2 Å². The Kier molecular flexibility index (Phi) is 3.63. The zero-order valence-corrected chi connectivity index (χ0v) is 10.2. The summed E-state index contributed by atoms with van der Waals surface area (Å²) in [4.78, 5) is 14.8. The van der Waals surface area contributed by atoms with Gasteiger partial charge in [0.15, 0.2) is 0 Å². The molecule has 4 nitrogen and oxygen atoms in total. The second-order valence-corrected chi connectivity index (χ2v) is 4.17. The van der Waals surface area contributed by atoms with Crippen molar-refractivity contribution in [1.82, 2.24) is 10.3 Å². The lowest BCUT2D eigenvalue weighted by molar-refractivity contribution is -0.123. The van der Waals surface area contributed by atoms with Crippen molar-refractivity contribution in [2.24, 2.45) is 5.92 Å². The molecule has 1 atom stereocenters. The van der Waals surface area contributed by atoms with Crippen molar-refractivity contribution in [3.8, 4) is 6.07 Å². The average Bonchev–Trinajstić information content (AvgIpc) is 2.81. The van der Waals surface area contributed by atoms with Crippen LogP contribution in [-0.2, 0) is 11.3 Å². The number of hydrogen-bond acceptors (Lipinski definition) is 2. The fraction of sp³-hybridized carbons (Fsp3) is 0.286. The third-order valence-electron chi connectivity index (χ3n) is 3.01. The molecule has 1 unspecified atom stereocenters. The van der Waals surface area contributed by atoms with E-state index in [1.807, 2.05) is 43.5 Å². The summed E-state index contributed by atoms with van der Waals surface area (Å²) in [6.07, 6.45) is 2.43. The number of fused-ring (bicyclic) bond motifs is 1. The highest BCUT2D eigenvalue weighted by Crippen LogP contribution is 2.17. The second-order valence-electron chi connectivity index (χ2n) is 4.17. The van der Waals surface area contributed by atoms with E-state index in [1.54, 1.807) is 0 Å². The summed E-state index contributed by atoms with van der Waals surface area (Å²) in [7, 11) is 0. The molecule has 2 rings (SSSR count). The number of nitriles is 1. The second kappa shape index (κ2) is 5.37. The Morgan fingerprint density at radius 3 is 3.00 bits per heavy atom. The minimum atomic E-state index is -0.560. The molecule has 0 saturated carbocycles. The third-order valence-corrected chi connectivity index (χ3v) is 3.01. The van der Waals surface area contributed by atoms with E-state index in [4.69, 9.17) is 5.26 Å². The van der Waals surface area contributed by atoms with Gasteiger partial charge in [0.2, 0.25) is 5.91 Å². The first kappa shape index (κ1) is 12.2. The molecule has 1 amide bonds. The number of carbonyl (C=O) groups excluding carboxylic acids is 1. The fourth-order valence-electron chi connectivity index (χ4n) is 1.92. The van der Waals surface area contributed by atoms with Gasteiger partial charge in [-0.05, 0) is 18.1 Å². The number of benzene rings is 1. The van der Waals surface area contributed by atoms with Crippen LogP contribution in [0.2, 0.25) is 0 Å². The number of aromatic amines is 1. The van der Waals surface area contributed by atoms with Crippen molar-refractivity contribution in [3.05, 3.63) is 36.0 Å². The summed E-state index contributed by atoms with van der Waals surface area (Å²) in [5.41, 5.74) is 2.08. The Labute approximate surface area is 106 Å². The van der Waals surface area contributed by atoms with Crippen molar-refractivity contribution in [2.45, 2.75) is 19.9 Å². The molecule has 0 aliphatic rings. The van der Waals surface area contributed by atoms with Gasteiger partial charge in [-0.25, -0.2) is 0 Å². The van der Waals surface area contributed by atoms with Crippen molar-refractivity contribution in [1.29, 1.82) is 5.26 Å². The lowest BCUT2D eigenvalue weighted by Crippen LogP contribution is -2.29.